The SMILES string of the molecule is O=C(CCCCC(=O)NS(=O)(=O)c1ccccc1Cl)NS(=O)(=O)c1ccccc1Cl. The molecular weight excluding hydrogens is 475 g/mol. The fraction of sp³-hybridized carbons (Fsp3) is 0.222. The van der Waals surface area contributed by atoms with Crippen molar-refractivity contribution in [1.29, 1.82) is 0 Å². The van der Waals surface area contributed by atoms with Gasteiger partial charge in [0.15, 0.2) is 0 Å². The lowest BCUT2D eigenvalue weighted by Gasteiger charge is -2.09. The van der Waals surface area contributed by atoms with Crippen molar-refractivity contribution in [3.63, 3.8) is 0 Å². The van der Waals surface area contributed by atoms with Gasteiger partial charge in [0.1, 0.15) is 9.79 Å². The van der Waals surface area contributed by atoms with Crippen LogP contribution in [-0.4, -0.2) is 28.6 Å². The van der Waals surface area contributed by atoms with E-state index in [1.165, 1.54) is 36.4 Å². The second kappa shape index (κ2) is 10.3. The van der Waals surface area contributed by atoms with Crippen LogP contribution in [0.4, 0.5) is 0 Å². The highest BCUT2D eigenvalue weighted by molar-refractivity contribution is 7.90. The Bertz CT molecular complexity index is 1060. The largest absolute Gasteiger partial charge is 0.274 e. The van der Waals surface area contributed by atoms with Gasteiger partial charge in [-0.05, 0) is 37.1 Å². The van der Waals surface area contributed by atoms with Crippen LogP contribution in [0.3, 0.4) is 0 Å². The summed E-state index contributed by atoms with van der Waals surface area (Å²) in [5, 5.41) is -0.0385. The van der Waals surface area contributed by atoms with Crippen LogP contribution in [0.25, 0.3) is 0 Å². The van der Waals surface area contributed by atoms with E-state index in [0.717, 1.165) is 0 Å². The molecule has 2 aromatic rings. The Labute approximate surface area is 184 Å². The van der Waals surface area contributed by atoms with Gasteiger partial charge in [-0.3, -0.25) is 9.59 Å². The standard InChI is InChI=1S/C18H18Cl2N2O6S2/c19-13-7-1-3-9-15(13)29(25,26)21-17(23)11-5-6-12-18(24)22-30(27,28)16-10-4-2-8-14(16)20/h1-4,7-10H,5-6,11-12H2,(H,21,23)(H,22,24). The Hall–Kier alpha value is -2.14. The quantitative estimate of drug-likeness (QED) is 0.518. The van der Waals surface area contributed by atoms with Gasteiger partial charge in [-0.2, -0.15) is 0 Å². The van der Waals surface area contributed by atoms with Gasteiger partial charge in [0, 0.05) is 12.8 Å². The summed E-state index contributed by atoms with van der Waals surface area (Å²) in [6.45, 7) is 0. The number of carbonyl (C=O) groups is 2. The zero-order chi connectivity index (χ0) is 22.4. The van der Waals surface area contributed by atoms with Crippen LogP contribution in [0.15, 0.2) is 58.3 Å². The second-order valence-corrected chi connectivity index (χ2v) is 10.2. The first kappa shape index (κ1) is 24.1. The van der Waals surface area contributed by atoms with Gasteiger partial charge in [-0.15, -0.1) is 0 Å². The molecule has 0 aliphatic rings. The summed E-state index contributed by atoms with van der Waals surface area (Å²) in [5.41, 5.74) is 0. The van der Waals surface area contributed by atoms with Crippen LogP contribution < -0.4 is 9.44 Å². The number of halogens is 2. The first-order valence-electron chi connectivity index (χ1n) is 8.63. The van der Waals surface area contributed by atoms with Gasteiger partial charge in [-0.25, -0.2) is 26.3 Å². The summed E-state index contributed by atoms with van der Waals surface area (Å²) in [5.74, 6) is -1.53. The Balaban J connectivity index is 1.81. The zero-order valence-electron chi connectivity index (χ0n) is 15.5. The summed E-state index contributed by atoms with van der Waals surface area (Å²) in [6.07, 6.45) is -0.00464. The minimum absolute atomic E-state index is 0.0193. The predicted octanol–water partition coefficient (Wildman–Crippen LogP) is 2.86. The third kappa shape index (κ3) is 6.69. The van der Waals surface area contributed by atoms with E-state index in [9.17, 15) is 26.4 Å². The first-order chi connectivity index (χ1) is 14.0. The highest BCUT2D eigenvalue weighted by atomic mass is 35.5. The van der Waals surface area contributed by atoms with E-state index in [4.69, 9.17) is 23.2 Å². The highest BCUT2D eigenvalue weighted by Gasteiger charge is 2.21. The molecule has 8 nitrogen and oxygen atoms in total. The van der Waals surface area contributed by atoms with Crippen molar-refractivity contribution in [2.24, 2.45) is 0 Å². The van der Waals surface area contributed by atoms with E-state index >= 15 is 0 Å². The average Bonchev–Trinajstić information content (AvgIpc) is 2.65. The number of rotatable bonds is 9. The fourth-order valence-corrected chi connectivity index (χ4v) is 5.48. The minimum atomic E-state index is -4.10. The lowest BCUT2D eigenvalue weighted by atomic mass is 10.2. The number of sulfonamides is 2. The third-order valence-corrected chi connectivity index (χ3v) is 7.55. The van der Waals surface area contributed by atoms with Crippen LogP contribution >= 0.6 is 23.2 Å². The average molecular weight is 493 g/mol. The van der Waals surface area contributed by atoms with Crippen LogP contribution in [0, 0.1) is 0 Å². The molecule has 0 saturated heterocycles. The van der Waals surface area contributed by atoms with Gasteiger partial charge in [0.25, 0.3) is 20.0 Å². The third-order valence-electron chi connectivity index (χ3n) is 3.81. The molecule has 162 valence electrons. The molecule has 2 aromatic carbocycles. The Morgan fingerprint density at radius 2 is 1.00 bits per heavy atom. The molecule has 0 aliphatic heterocycles. The molecule has 0 saturated carbocycles. The monoisotopic (exact) mass is 492 g/mol. The molecule has 0 unspecified atom stereocenters. The van der Waals surface area contributed by atoms with Crippen molar-refractivity contribution in [2.45, 2.75) is 35.5 Å². The zero-order valence-corrected chi connectivity index (χ0v) is 18.6. The van der Waals surface area contributed by atoms with Gasteiger partial charge < -0.3 is 0 Å². The minimum Gasteiger partial charge on any atom is -0.274 e. The van der Waals surface area contributed by atoms with Crippen LogP contribution in [0.1, 0.15) is 25.7 Å². The number of benzene rings is 2. The molecule has 0 aliphatic carbocycles. The first-order valence-corrected chi connectivity index (χ1v) is 12.4. The molecule has 0 radical (unpaired) electrons. The Morgan fingerprint density at radius 1 is 0.667 bits per heavy atom. The Kier molecular flexibility index (Phi) is 8.25. The van der Waals surface area contributed by atoms with Crippen LogP contribution in [-0.2, 0) is 29.6 Å². The molecule has 2 N–H and O–H groups in total. The lowest BCUT2D eigenvalue weighted by Crippen LogP contribution is -2.31. The van der Waals surface area contributed by atoms with Gasteiger partial charge in [-0.1, -0.05) is 47.5 Å². The molecule has 0 spiro atoms. The number of carbonyl (C=O) groups excluding carboxylic acids is 2. The van der Waals surface area contributed by atoms with Crippen LogP contribution in [0.5, 0.6) is 0 Å². The smallest absolute Gasteiger partial charge is 0.265 e. The van der Waals surface area contributed by atoms with E-state index in [1.54, 1.807) is 12.1 Å². The summed E-state index contributed by atoms with van der Waals surface area (Å²) in [7, 11) is -8.21. The van der Waals surface area contributed by atoms with Crippen molar-refractivity contribution in [2.75, 3.05) is 0 Å². The van der Waals surface area contributed by atoms with Gasteiger partial charge in [0.2, 0.25) is 11.8 Å². The van der Waals surface area contributed by atoms with Crippen LogP contribution in [0.2, 0.25) is 10.0 Å². The fourth-order valence-electron chi connectivity index (χ4n) is 2.41. The van der Waals surface area contributed by atoms with Crippen molar-refractivity contribution in [1.82, 2.24) is 9.44 Å². The molecule has 2 amide bonds. The number of hydrogen-bond acceptors (Lipinski definition) is 6. The topological polar surface area (TPSA) is 126 Å². The number of hydrogen-bond donors (Lipinski definition) is 2. The van der Waals surface area contributed by atoms with Gasteiger partial charge in [0.05, 0.1) is 10.0 Å². The molecule has 0 bridgehead atoms. The molecular formula is C18H18Cl2N2O6S2. The maximum atomic E-state index is 12.2. The molecule has 0 atom stereocenters. The summed E-state index contributed by atoms with van der Waals surface area (Å²) >= 11 is 11.7. The number of nitrogens with one attached hydrogen (secondary N) is 2. The molecule has 30 heavy (non-hydrogen) atoms. The number of unbranched alkanes of at least 4 members (excludes halogenated alkanes) is 1. The molecule has 0 aromatic heterocycles. The van der Waals surface area contributed by atoms with Gasteiger partial charge >= 0.3 is 0 Å². The Morgan fingerprint density at radius 3 is 1.33 bits per heavy atom. The molecule has 0 heterocycles. The maximum absolute atomic E-state index is 12.2. The predicted molar refractivity (Wildman–Crippen MR) is 112 cm³/mol. The molecule has 12 heteroatoms. The normalized spacial score (nSPS) is 11.7. The molecule has 2 rings (SSSR count). The van der Waals surface area contributed by atoms with E-state index in [-0.39, 0.29) is 45.5 Å². The summed E-state index contributed by atoms with van der Waals surface area (Å²) < 4.78 is 52.5. The second-order valence-electron chi connectivity index (χ2n) is 6.13. The number of amides is 2. The lowest BCUT2D eigenvalue weighted by molar-refractivity contribution is -0.121. The van der Waals surface area contributed by atoms with E-state index in [0.29, 0.717) is 0 Å². The van der Waals surface area contributed by atoms with E-state index in [2.05, 4.69) is 0 Å². The molecule has 0 fully saturated rings. The van der Waals surface area contributed by atoms with Crippen molar-refractivity contribution < 1.29 is 26.4 Å². The summed E-state index contributed by atoms with van der Waals surface area (Å²) in [6, 6.07) is 11.4. The van der Waals surface area contributed by atoms with Crippen molar-refractivity contribution in [3.8, 4) is 0 Å². The van der Waals surface area contributed by atoms with E-state index in [1.807, 2.05) is 9.44 Å². The highest BCUT2D eigenvalue weighted by Crippen LogP contribution is 2.21. The summed E-state index contributed by atoms with van der Waals surface area (Å²) in [4.78, 5) is 23.4. The maximum Gasteiger partial charge on any atom is 0.265 e. The van der Waals surface area contributed by atoms with Crippen molar-refractivity contribution >= 4 is 55.1 Å². The van der Waals surface area contributed by atoms with E-state index < -0.39 is 31.9 Å². The van der Waals surface area contributed by atoms with Crippen molar-refractivity contribution in [3.05, 3.63) is 58.6 Å².